The Bertz CT molecular complexity index is 1200. The van der Waals surface area contributed by atoms with Gasteiger partial charge in [0.05, 0.1) is 6.20 Å². The Kier molecular flexibility index (Phi) is 7.87. The molecule has 0 unspecified atom stereocenters. The molecule has 0 radical (unpaired) electrons. The van der Waals surface area contributed by atoms with Gasteiger partial charge in [-0.3, -0.25) is 14.5 Å². The first-order chi connectivity index (χ1) is 18.4. The lowest BCUT2D eigenvalue weighted by Crippen LogP contribution is -2.44. The monoisotopic (exact) mass is 521 g/mol. The second-order valence-electron chi connectivity index (χ2n) is 10.6. The molecule has 38 heavy (non-hydrogen) atoms. The van der Waals surface area contributed by atoms with Crippen LogP contribution in [0.5, 0.6) is 0 Å². The van der Waals surface area contributed by atoms with E-state index in [-0.39, 0.29) is 23.7 Å². The highest BCUT2D eigenvalue weighted by molar-refractivity contribution is 5.87. The Balaban J connectivity index is 1.18. The number of carbonyl (C=O) groups is 2. The second-order valence-corrected chi connectivity index (χ2v) is 10.6. The number of nitrogens with one attached hydrogen (secondary N) is 2. The van der Waals surface area contributed by atoms with Crippen LogP contribution in [0.1, 0.15) is 43.7 Å². The lowest BCUT2D eigenvalue weighted by Gasteiger charge is -2.33. The minimum atomic E-state index is -0.526. The topological polar surface area (TPSA) is 93.7 Å². The number of piperidine rings is 2. The highest BCUT2D eigenvalue weighted by atomic mass is 19.1. The Morgan fingerprint density at radius 2 is 1.92 bits per heavy atom. The number of hydrogen-bond acceptors (Lipinski definition) is 7. The summed E-state index contributed by atoms with van der Waals surface area (Å²) < 4.78 is 14.5. The number of aromatic nitrogens is 2. The van der Waals surface area contributed by atoms with Crippen molar-refractivity contribution < 1.29 is 14.0 Å². The highest BCUT2D eigenvalue weighted by Gasteiger charge is 2.26. The van der Waals surface area contributed by atoms with Crippen molar-refractivity contribution in [3.63, 3.8) is 0 Å². The number of carbonyl (C=O) groups excluding carboxylic acids is 2. The second kappa shape index (κ2) is 11.5. The summed E-state index contributed by atoms with van der Waals surface area (Å²) in [6.07, 6.45) is 6.25. The predicted octanol–water partition coefficient (Wildman–Crippen LogP) is 3.52. The van der Waals surface area contributed by atoms with Crippen LogP contribution in [0.25, 0.3) is 0 Å². The molecule has 0 bridgehead atoms. The lowest BCUT2D eigenvalue weighted by atomic mass is 9.96. The minimum absolute atomic E-state index is 0.0921. The van der Waals surface area contributed by atoms with Gasteiger partial charge in [0.2, 0.25) is 17.8 Å². The van der Waals surface area contributed by atoms with Crippen molar-refractivity contribution >= 4 is 29.3 Å². The predicted molar refractivity (Wildman–Crippen MR) is 144 cm³/mol. The summed E-state index contributed by atoms with van der Waals surface area (Å²) in [6, 6.07) is 6.16. The van der Waals surface area contributed by atoms with Gasteiger partial charge in [-0.05, 0) is 60.9 Å². The minimum Gasteiger partial charge on any atom is -0.363 e. The molecular formula is C28H36FN7O2. The van der Waals surface area contributed by atoms with Crippen molar-refractivity contribution in [2.75, 3.05) is 43.4 Å². The van der Waals surface area contributed by atoms with E-state index in [1.165, 1.54) is 23.4 Å². The van der Waals surface area contributed by atoms with Gasteiger partial charge in [-0.25, -0.2) is 9.37 Å². The van der Waals surface area contributed by atoms with E-state index in [0.717, 1.165) is 64.1 Å². The maximum atomic E-state index is 14.5. The van der Waals surface area contributed by atoms with E-state index < -0.39 is 5.82 Å². The SMILES string of the molecule is C=CC(=O)N1CCC[C@@H](Nc2nc(Nc3ccc4c(c3)CN(CC3CCN(C(C)=O)CC3)C4)ncc2F)C1. The van der Waals surface area contributed by atoms with Gasteiger partial charge in [-0.1, -0.05) is 12.6 Å². The summed E-state index contributed by atoms with van der Waals surface area (Å²) in [7, 11) is 0. The summed E-state index contributed by atoms with van der Waals surface area (Å²) in [4.78, 5) is 38.2. The van der Waals surface area contributed by atoms with Crippen LogP contribution in [0, 0.1) is 11.7 Å². The molecule has 1 aromatic carbocycles. The maximum Gasteiger partial charge on any atom is 0.246 e. The molecule has 0 aliphatic carbocycles. The number of nitrogens with zero attached hydrogens (tertiary/aromatic N) is 5. The van der Waals surface area contributed by atoms with Crippen LogP contribution < -0.4 is 10.6 Å². The van der Waals surface area contributed by atoms with Crippen LogP contribution in [0.4, 0.5) is 21.8 Å². The van der Waals surface area contributed by atoms with Gasteiger partial charge < -0.3 is 20.4 Å². The number of halogens is 1. The average Bonchev–Trinajstić information content (AvgIpc) is 3.32. The number of fused-ring (bicyclic) bond motifs is 1. The van der Waals surface area contributed by atoms with E-state index in [2.05, 4.69) is 44.2 Å². The van der Waals surface area contributed by atoms with Crippen LogP contribution in [0.15, 0.2) is 37.1 Å². The van der Waals surface area contributed by atoms with Gasteiger partial charge in [-0.15, -0.1) is 0 Å². The molecule has 9 nitrogen and oxygen atoms in total. The van der Waals surface area contributed by atoms with Crippen LogP contribution in [-0.4, -0.2) is 75.2 Å². The highest BCUT2D eigenvalue weighted by Crippen LogP contribution is 2.29. The summed E-state index contributed by atoms with van der Waals surface area (Å²) >= 11 is 0. The van der Waals surface area contributed by atoms with E-state index in [4.69, 9.17) is 0 Å². The molecule has 202 valence electrons. The first-order valence-electron chi connectivity index (χ1n) is 13.4. The molecule has 2 aromatic rings. The summed E-state index contributed by atoms with van der Waals surface area (Å²) in [5.74, 6) is 0.587. The molecule has 5 rings (SSSR count). The number of anilines is 3. The van der Waals surface area contributed by atoms with Crippen LogP contribution in [0.2, 0.25) is 0 Å². The third kappa shape index (κ3) is 6.12. The van der Waals surface area contributed by atoms with Gasteiger partial charge in [-0.2, -0.15) is 4.98 Å². The van der Waals surface area contributed by atoms with Gasteiger partial charge in [0.1, 0.15) is 0 Å². The number of hydrogen-bond donors (Lipinski definition) is 2. The zero-order valence-electron chi connectivity index (χ0n) is 22.0. The molecule has 1 atom stereocenters. The van der Waals surface area contributed by atoms with Crippen LogP contribution in [0.3, 0.4) is 0 Å². The van der Waals surface area contributed by atoms with Gasteiger partial charge in [0.15, 0.2) is 11.6 Å². The molecule has 10 heteroatoms. The lowest BCUT2D eigenvalue weighted by molar-refractivity contribution is -0.130. The molecule has 3 aliphatic heterocycles. The maximum absolute atomic E-state index is 14.5. The van der Waals surface area contributed by atoms with Gasteiger partial charge in [0, 0.05) is 64.5 Å². The van der Waals surface area contributed by atoms with E-state index in [1.807, 2.05) is 11.0 Å². The first kappa shape index (κ1) is 26.1. The first-order valence-corrected chi connectivity index (χ1v) is 13.4. The fraction of sp³-hybridized carbons (Fsp3) is 0.500. The molecule has 2 N–H and O–H groups in total. The standard InChI is InChI=1S/C28H36FN7O2/c1-3-26(38)36-10-4-5-24(18-36)31-27-25(29)14-30-28(33-27)32-23-7-6-21-16-34(17-22(21)13-23)15-20-8-11-35(12-9-20)19(2)37/h3,6-7,13-14,20,24H,1,4-5,8-12,15-18H2,2H3,(H2,30,31,32,33)/t24-/m1/s1. The third-order valence-corrected chi connectivity index (χ3v) is 7.82. The zero-order valence-corrected chi connectivity index (χ0v) is 22.0. The molecule has 1 aromatic heterocycles. The van der Waals surface area contributed by atoms with Crippen molar-refractivity contribution in [2.45, 2.75) is 51.7 Å². The quantitative estimate of drug-likeness (QED) is 0.539. The van der Waals surface area contributed by atoms with E-state index in [1.54, 1.807) is 11.8 Å². The molecule has 4 heterocycles. The van der Waals surface area contributed by atoms with Crippen molar-refractivity contribution in [1.82, 2.24) is 24.7 Å². The van der Waals surface area contributed by atoms with Crippen LogP contribution in [-0.2, 0) is 22.7 Å². The van der Waals surface area contributed by atoms with Crippen LogP contribution >= 0.6 is 0 Å². The molecule has 3 aliphatic rings. The molecule has 2 saturated heterocycles. The number of benzene rings is 1. The third-order valence-electron chi connectivity index (χ3n) is 7.82. The zero-order chi connectivity index (χ0) is 26.6. The van der Waals surface area contributed by atoms with E-state index >= 15 is 0 Å². The summed E-state index contributed by atoms with van der Waals surface area (Å²) in [5, 5.41) is 6.38. The summed E-state index contributed by atoms with van der Waals surface area (Å²) in [6.45, 7) is 10.9. The Labute approximate surface area is 223 Å². The number of likely N-dealkylation sites (tertiary alicyclic amines) is 2. The molecule has 2 amide bonds. The van der Waals surface area contributed by atoms with Crippen molar-refractivity contribution in [3.05, 3.63) is 54.0 Å². The van der Waals surface area contributed by atoms with Crippen molar-refractivity contribution in [1.29, 1.82) is 0 Å². The Hall–Kier alpha value is -3.53. The van der Waals surface area contributed by atoms with E-state index in [0.29, 0.717) is 25.0 Å². The fourth-order valence-electron chi connectivity index (χ4n) is 5.74. The fourth-order valence-corrected chi connectivity index (χ4v) is 5.74. The normalized spacial score (nSPS) is 20.2. The summed E-state index contributed by atoms with van der Waals surface area (Å²) in [5.41, 5.74) is 3.44. The number of rotatable bonds is 7. The smallest absolute Gasteiger partial charge is 0.246 e. The Morgan fingerprint density at radius 3 is 2.68 bits per heavy atom. The van der Waals surface area contributed by atoms with E-state index in [9.17, 15) is 14.0 Å². The number of amides is 2. The largest absolute Gasteiger partial charge is 0.363 e. The molecule has 0 spiro atoms. The van der Waals surface area contributed by atoms with Crippen molar-refractivity contribution in [3.8, 4) is 0 Å². The van der Waals surface area contributed by atoms with Gasteiger partial charge in [0.25, 0.3) is 0 Å². The molecule has 2 fully saturated rings. The molecular weight excluding hydrogens is 485 g/mol. The van der Waals surface area contributed by atoms with Gasteiger partial charge >= 0.3 is 0 Å². The van der Waals surface area contributed by atoms with Crippen molar-refractivity contribution in [2.24, 2.45) is 5.92 Å². The molecule has 0 saturated carbocycles. The average molecular weight is 522 g/mol. The Morgan fingerprint density at radius 1 is 1.13 bits per heavy atom.